The largest absolute Gasteiger partial charge is 0.370 e. The van der Waals surface area contributed by atoms with E-state index < -0.39 is 0 Å². The standard InChI is InChI=1S/C15H22BrClN2/c1-15(2,3)18-9-11-6-7-19(10-11)14-5-4-12(17)8-13(14)16/h4-5,8,11,18H,6-7,9-10H2,1-3H3. The highest BCUT2D eigenvalue weighted by Gasteiger charge is 2.25. The van der Waals surface area contributed by atoms with Gasteiger partial charge >= 0.3 is 0 Å². The minimum absolute atomic E-state index is 0.203. The minimum atomic E-state index is 0.203. The van der Waals surface area contributed by atoms with Crippen LogP contribution < -0.4 is 10.2 Å². The van der Waals surface area contributed by atoms with E-state index in [1.807, 2.05) is 12.1 Å². The van der Waals surface area contributed by atoms with Crippen LogP contribution in [0, 0.1) is 5.92 Å². The van der Waals surface area contributed by atoms with Crippen molar-refractivity contribution in [1.29, 1.82) is 0 Å². The quantitative estimate of drug-likeness (QED) is 0.878. The van der Waals surface area contributed by atoms with Crippen molar-refractivity contribution in [3.63, 3.8) is 0 Å². The van der Waals surface area contributed by atoms with Crippen molar-refractivity contribution in [2.24, 2.45) is 5.92 Å². The predicted octanol–water partition coefficient (Wildman–Crippen LogP) is 4.32. The van der Waals surface area contributed by atoms with Crippen molar-refractivity contribution >= 4 is 33.2 Å². The maximum Gasteiger partial charge on any atom is 0.0511 e. The molecular weight excluding hydrogens is 324 g/mol. The highest BCUT2D eigenvalue weighted by atomic mass is 79.9. The van der Waals surface area contributed by atoms with Crippen LogP contribution in [0.1, 0.15) is 27.2 Å². The number of hydrogen-bond acceptors (Lipinski definition) is 2. The number of benzene rings is 1. The summed E-state index contributed by atoms with van der Waals surface area (Å²) in [7, 11) is 0. The van der Waals surface area contributed by atoms with Crippen LogP contribution in [-0.2, 0) is 0 Å². The van der Waals surface area contributed by atoms with Crippen molar-refractivity contribution in [2.45, 2.75) is 32.7 Å². The van der Waals surface area contributed by atoms with Gasteiger partial charge in [0.15, 0.2) is 0 Å². The Labute approximate surface area is 129 Å². The Bertz CT molecular complexity index is 442. The molecule has 2 rings (SSSR count). The van der Waals surface area contributed by atoms with Crippen LogP contribution in [-0.4, -0.2) is 25.2 Å². The predicted molar refractivity (Wildman–Crippen MR) is 87.2 cm³/mol. The summed E-state index contributed by atoms with van der Waals surface area (Å²) < 4.78 is 1.09. The molecule has 1 unspecified atom stereocenters. The first-order valence-electron chi connectivity index (χ1n) is 6.80. The molecule has 19 heavy (non-hydrogen) atoms. The van der Waals surface area contributed by atoms with Crippen LogP contribution in [0.2, 0.25) is 5.02 Å². The van der Waals surface area contributed by atoms with Crippen molar-refractivity contribution < 1.29 is 0 Å². The molecule has 1 aromatic carbocycles. The lowest BCUT2D eigenvalue weighted by Gasteiger charge is -2.24. The van der Waals surface area contributed by atoms with Crippen LogP contribution >= 0.6 is 27.5 Å². The smallest absolute Gasteiger partial charge is 0.0511 e. The number of hydrogen-bond donors (Lipinski definition) is 1. The second-order valence-corrected chi connectivity index (χ2v) is 7.62. The van der Waals surface area contributed by atoms with Crippen LogP contribution in [0.3, 0.4) is 0 Å². The fraction of sp³-hybridized carbons (Fsp3) is 0.600. The van der Waals surface area contributed by atoms with Gasteiger partial charge in [-0.3, -0.25) is 0 Å². The first kappa shape index (κ1) is 15.1. The van der Waals surface area contributed by atoms with Crippen LogP contribution in [0.4, 0.5) is 5.69 Å². The molecule has 1 aromatic rings. The first-order chi connectivity index (χ1) is 8.85. The Hall–Kier alpha value is -0.250. The highest BCUT2D eigenvalue weighted by molar-refractivity contribution is 9.10. The summed E-state index contributed by atoms with van der Waals surface area (Å²) in [5, 5.41) is 4.38. The molecule has 1 atom stereocenters. The molecule has 0 saturated carbocycles. The SMILES string of the molecule is CC(C)(C)NCC1CCN(c2ccc(Cl)cc2Br)C1. The third-order valence-electron chi connectivity index (χ3n) is 3.46. The topological polar surface area (TPSA) is 15.3 Å². The first-order valence-corrected chi connectivity index (χ1v) is 7.97. The minimum Gasteiger partial charge on any atom is -0.370 e. The molecule has 0 bridgehead atoms. The van der Waals surface area contributed by atoms with E-state index >= 15 is 0 Å². The van der Waals surface area contributed by atoms with Crippen molar-refractivity contribution in [3.8, 4) is 0 Å². The van der Waals surface area contributed by atoms with Gasteiger partial charge in [-0.2, -0.15) is 0 Å². The van der Waals surface area contributed by atoms with E-state index in [0.29, 0.717) is 0 Å². The second-order valence-electron chi connectivity index (χ2n) is 6.33. The molecule has 2 nitrogen and oxygen atoms in total. The Balaban J connectivity index is 1.94. The molecule has 1 fully saturated rings. The van der Waals surface area contributed by atoms with Crippen LogP contribution in [0.25, 0.3) is 0 Å². The van der Waals surface area contributed by atoms with E-state index in [9.17, 15) is 0 Å². The molecule has 1 N–H and O–H groups in total. The third kappa shape index (κ3) is 4.37. The molecule has 0 amide bonds. The Kier molecular flexibility index (Phi) is 4.80. The van der Waals surface area contributed by atoms with Gasteiger partial charge in [0.2, 0.25) is 0 Å². The Morgan fingerprint density at radius 1 is 1.42 bits per heavy atom. The molecule has 1 heterocycles. The normalized spacial score (nSPS) is 20.1. The van der Waals surface area contributed by atoms with Gasteiger partial charge in [0.25, 0.3) is 0 Å². The number of rotatable bonds is 3. The zero-order chi connectivity index (χ0) is 14.0. The van der Waals surface area contributed by atoms with Gasteiger partial charge in [0.1, 0.15) is 0 Å². The zero-order valence-electron chi connectivity index (χ0n) is 11.8. The molecule has 1 aliphatic heterocycles. The van der Waals surface area contributed by atoms with Crippen LogP contribution in [0.5, 0.6) is 0 Å². The van der Waals surface area contributed by atoms with Gasteiger partial charge in [0.05, 0.1) is 5.69 Å². The van der Waals surface area contributed by atoms with Crippen molar-refractivity contribution in [2.75, 3.05) is 24.5 Å². The van der Waals surface area contributed by atoms with E-state index in [4.69, 9.17) is 11.6 Å². The highest BCUT2D eigenvalue weighted by Crippen LogP contribution is 2.32. The van der Waals surface area contributed by atoms with Crippen LogP contribution in [0.15, 0.2) is 22.7 Å². The fourth-order valence-corrected chi connectivity index (χ4v) is 3.34. The van der Waals surface area contributed by atoms with Gasteiger partial charge in [-0.25, -0.2) is 0 Å². The molecule has 0 aliphatic carbocycles. The lowest BCUT2D eigenvalue weighted by molar-refractivity contribution is 0.383. The fourth-order valence-electron chi connectivity index (χ4n) is 2.41. The van der Waals surface area contributed by atoms with Gasteiger partial charge in [0, 0.05) is 34.7 Å². The average Bonchev–Trinajstić information content (AvgIpc) is 2.74. The van der Waals surface area contributed by atoms with E-state index in [2.05, 4.69) is 53.0 Å². The zero-order valence-corrected chi connectivity index (χ0v) is 14.2. The number of nitrogens with one attached hydrogen (secondary N) is 1. The Morgan fingerprint density at radius 3 is 2.79 bits per heavy atom. The summed E-state index contributed by atoms with van der Waals surface area (Å²) in [6.07, 6.45) is 1.25. The summed E-state index contributed by atoms with van der Waals surface area (Å²) in [5.74, 6) is 0.724. The van der Waals surface area contributed by atoms with E-state index in [1.54, 1.807) is 0 Å². The van der Waals surface area contributed by atoms with E-state index in [0.717, 1.165) is 35.0 Å². The maximum atomic E-state index is 5.99. The molecule has 0 spiro atoms. The second kappa shape index (κ2) is 6.02. The average molecular weight is 346 g/mol. The maximum absolute atomic E-state index is 5.99. The number of nitrogens with zero attached hydrogens (tertiary/aromatic N) is 1. The van der Waals surface area contributed by atoms with Gasteiger partial charge in [-0.05, 0) is 67.2 Å². The van der Waals surface area contributed by atoms with E-state index in [1.165, 1.54) is 12.1 Å². The summed E-state index contributed by atoms with van der Waals surface area (Å²) in [4.78, 5) is 2.44. The summed E-state index contributed by atoms with van der Waals surface area (Å²) in [5.41, 5.74) is 1.46. The molecule has 0 aromatic heterocycles. The van der Waals surface area contributed by atoms with E-state index in [-0.39, 0.29) is 5.54 Å². The molecule has 0 radical (unpaired) electrons. The summed E-state index contributed by atoms with van der Waals surface area (Å²) in [6, 6.07) is 6.03. The van der Waals surface area contributed by atoms with Gasteiger partial charge < -0.3 is 10.2 Å². The Morgan fingerprint density at radius 2 is 2.16 bits per heavy atom. The summed E-state index contributed by atoms with van der Waals surface area (Å²) >= 11 is 9.60. The lowest BCUT2D eigenvalue weighted by atomic mass is 10.1. The monoisotopic (exact) mass is 344 g/mol. The third-order valence-corrected chi connectivity index (χ3v) is 4.33. The molecule has 1 aliphatic rings. The molecule has 4 heteroatoms. The molecule has 106 valence electrons. The lowest BCUT2D eigenvalue weighted by Crippen LogP contribution is -2.39. The van der Waals surface area contributed by atoms with Gasteiger partial charge in [-0.15, -0.1) is 0 Å². The number of anilines is 1. The van der Waals surface area contributed by atoms with Crippen molar-refractivity contribution in [3.05, 3.63) is 27.7 Å². The molecular formula is C15H22BrClN2. The number of halogens is 2. The summed E-state index contributed by atoms with van der Waals surface area (Å²) in [6.45, 7) is 9.98. The van der Waals surface area contributed by atoms with Crippen molar-refractivity contribution in [1.82, 2.24) is 5.32 Å². The van der Waals surface area contributed by atoms with Gasteiger partial charge in [-0.1, -0.05) is 11.6 Å². The molecule has 1 saturated heterocycles.